The van der Waals surface area contributed by atoms with Gasteiger partial charge in [-0.1, -0.05) is 38.4 Å². The number of ether oxygens (including phenoxy) is 1. The molecule has 39 heavy (non-hydrogen) atoms. The van der Waals surface area contributed by atoms with E-state index in [-0.39, 0.29) is 34.8 Å². The Bertz CT molecular complexity index is 1370. The minimum absolute atomic E-state index is 0.0125. The number of nitrogens with zero attached hydrogens (tertiary/aromatic N) is 3. The van der Waals surface area contributed by atoms with Gasteiger partial charge in [0.1, 0.15) is 12.0 Å². The van der Waals surface area contributed by atoms with Crippen molar-refractivity contribution in [3.05, 3.63) is 75.5 Å². The van der Waals surface area contributed by atoms with Gasteiger partial charge in [0, 0.05) is 30.6 Å². The summed E-state index contributed by atoms with van der Waals surface area (Å²) in [6.45, 7) is 11.4. The van der Waals surface area contributed by atoms with Gasteiger partial charge < -0.3 is 19.0 Å². The molecule has 210 valence electrons. The van der Waals surface area contributed by atoms with E-state index in [2.05, 4.69) is 49.1 Å². The van der Waals surface area contributed by atoms with Gasteiger partial charge in [-0.3, -0.25) is 4.79 Å². The molecule has 1 saturated heterocycles. The Hall–Kier alpha value is -2.66. The number of hydrogen-bond donors (Lipinski definition) is 1. The third kappa shape index (κ3) is 6.92. The first-order chi connectivity index (χ1) is 18.4. The first-order valence-electron chi connectivity index (χ1n) is 13.0. The second kappa shape index (κ2) is 11.8. The smallest absolute Gasteiger partial charge is 0.251 e. The molecule has 7 nitrogen and oxygen atoms in total. The van der Waals surface area contributed by atoms with Gasteiger partial charge >= 0.3 is 0 Å². The van der Waals surface area contributed by atoms with E-state index in [1.807, 2.05) is 0 Å². The molecule has 0 amide bonds. The van der Waals surface area contributed by atoms with Crippen LogP contribution in [0.4, 0.5) is 14.7 Å². The number of nitrogens with one attached hydrogen (secondary N) is 1. The summed E-state index contributed by atoms with van der Waals surface area (Å²) in [4.78, 5) is 22.1. The molecule has 2 aromatic heterocycles. The van der Waals surface area contributed by atoms with Gasteiger partial charge in [-0.05, 0) is 54.4 Å². The molecule has 1 aliphatic heterocycles. The van der Waals surface area contributed by atoms with Crippen molar-refractivity contribution in [1.82, 2.24) is 14.5 Å². The minimum Gasteiger partial charge on any atom is -0.414 e. The minimum atomic E-state index is -2.16. The van der Waals surface area contributed by atoms with Crippen molar-refractivity contribution < 1.29 is 17.9 Å². The van der Waals surface area contributed by atoms with E-state index < -0.39 is 32.4 Å². The van der Waals surface area contributed by atoms with E-state index >= 15 is 0 Å². The highest BCUT2D eigenvalue weighted by Crippen LogP contribution is 2.37. The monoisotopic (exact) mass is 576 g/mol. The van der Waals surface area contributed by atoms with E-state index in [9.17, 15) is 13.6 Å². The summed E-state index contributed by atoms with van der Waals surface area (Å²) in [5.74, 6) is -0.277. The summed E-state index contributed by atoms with van der Waals surface area (Å²) < 4.78 is 41.8. The maximum Gasteiger partial charge on any atom is 0.251 e. The number of pyridine rings is 1. The summed E-state index contributed by atoms with van der Waals surface area (Å²) in [5.41, 5.74) is 1.38. The Balaban J connectivity index is 1.63. The Kier molecular flexibility index (Phi) is 8.90. The van der Waals surface area contributed by atoms with Crippen LogP contribution in [0.25, 0.3) is 11.3 Å². The van der Waals surface area contributed by atoms with Crippen LogP contribution in [0.15, 0.2) is 53.6 Å². The van der Waals surface area contributed by atoms with Gasteiger partial charge in [0.2, 0.25) is 5.95 Å². The van der Waals surface area contributed by atoms with E-state index in [1.54, 1.807) is 30.6 Å². The molecule has 3 aromatic rings. The molecule has 4 rings (SSSR count). The predicted molar refractivity (Wildman–Crippen MR) is 152 cm³/mol. The average molecular weight is 577 g/mol. The van der Waals surface area contributed by atoms with Crippen LogP contribution in [0.5, 0.6) is 0 Å². The van der Waals surface area contributed by atoms with Crippen LogP contribution in [0.3, 0.4) is 0 Å². The number of anilines is 1. The fourth-order valence-electron chi connectivity index (χ4n) is 4.09. The molecule has 0 spiro atoms. The molecule has 0 unspecified atom stereocenters. The number of aromatic nitrogens is 3. The molecule has 0 saturated carbocycles. The zero-order valence-electron chi connectivity index (χ0n) is 22.9. The normalized spacial score (nSPS) is 19.1. The second-order valence-electron chi connectivity index (χ2n) is 11.3. The third-order valence-electron chi connectivity index (χ3n) is 7.57. The number of alkyl halides is 1. The Morgan fingerprint density at radius 3 is 2.69 bits per heavy atom. The highest BCUT2D eigenvalue weighted by Gasteiger charge is 2.38. The molecule has 0 radical (unpaired) electrons. The van der Waals surface area contributed by atoms with Gasteiger partial charge in [-0.2, -0.15) is 0 Å². The highest BCUT2D eigenvalue weighted by molar-refractivity contribution is 6.74. The van der Waals surface area contributed by atoms with E-state index in [1.165, 1.54) is 22.8 Å². The Labute approximate surface area is 233 Å². The zero-order valence-corrected chi connectivity index (χ0v) is 24.6. The van der Waals surface area contributed by atoms with Crippen molar-refractivity contribution >= 4 is 25.9 Å². The van der Waals surface area contributed by atoms with Gasteiger partial charge in [0.15, 0.2) is 8.32 Å². The first kappa shape index (κ1) is 29.3. The summed E-state index contributed by atoms with van der Waals surface area (Å²) in [5, 5.41) is 3.01. The Morgan fingerprint density at radius 2 is 2.03 bits per heavy atom. The lowest BCUT2D eigenvalue weighted by atomic mass is 10.1. The van der Waals surface area contributed by atoms with Gasteiger partial charge in [-0.15, -0.1) is 0 Å². The maximum absolute atomic E-state index is 14.4. The molecule has 3 atom stereocenters. The van der Waals surface area contributed by atoms with Crippen molar-refractivity contribution in [3.8, 4) is 11.3 Å². The number of hydrogen-bond acceptors (Lipinski definition) is 6. The highest BCUT2D eigenvalue weighted by atomic mass is 35.5. The van der Waals surface area contributed by atoms with Crippen molar-refractivity contribution in [2.45, 2.75) is 63.6 Å². The zero-order chi connectivity index (χ0) is 28.4. The van der Waals surface area contributed by atoms with E-state index in [4.69, 9.17) is 20.8 Å². The SMILES string of the molecule is CC(C)(C)[Si](C)(C)OC[C@H](c1ccc(Cl)c(F)c1)n1ccc(-c2ccnc(N[C@@H]3CCOC[C@H]3F)n2)cc1=O. The molecule has 1 N–H and O–H groups in total. The fourth-order valence-corrected chi connectivity index (χ4v) is 5.21. The van der Waals surface area contributed by atoms with Crippen LogP contribution in [-0.4, -0.2) is 54.9 Å². The third-order valence-corrected chi connectivity index (χ3v) is 12.4. The van der Waals surface area contributed by atoms with Gasteiger partial charge in [0.05, 0.1) is 36.0 Å². The lowest BCUT2D eigenvalue weighted by Gasteiger charge is -2.37. The first-order valence-corrected chi connectivity index (χ1v) is 16.3. The molecule has 1 aliphatic rings. The molecule has 3 heterocycles. The van der Waals surface area contributed by atoms with Crippen LogP contribution in [0.2, 0.25) is 23.2 Å². The quantitative estimate of drug-likeness (QED) is 0.319. The summed E-state index contributed by atoms with van der Waals surface area (Å²) in [7, 11) is -2.16. The molecular weight excluding hydrogens is 542 g/mol. The number of halogens is 3. The van der Waals surface area contributed by atoms with Gasteiger partial charge in [-0.25, -0.2) is 18.7 Å². The van der Waals surface area contributed by atoms with Crippen LogP contribution in [0.1, 0.15) is 38.8 Å². The number of benzene rings is 1. The average Bonchev–Trinajstić information content (AvgIpc) is 2.88. The predicted octanol–water partition coefficient (Wildman–Crippen LogP) is 6.25. The summed E-state index contributed by atoms with van der Waals surface area (Å²) >= 11 is 5.93. The standard InChI is InChI=1S/C28H35ClF2N4O3Si/c1-28(2,3)39(4,5)38-17-25(19-6-7-20(29)21(30)14-19)35-12-9-18(15-26(35)36)23-8-11-32-27(33-23)34-24-10-13-37-16-22(24)31/h6-9,11-12,14-15,22,24-25H,10,13,16-17H2,1-5H3,(H,32,33,34)/t22-,24-,25-/m1/s1. The maximum atomic E-state index is 14.4. The van der Waals surface area contributed by atoms with Crippen LogP contribution < -0.4 is 10.9 Å². The topological polar surface area (TPSA) is 78.3 Å². The lowest BCUT2D eigenvalue weighted by molar-refractivity contribution is 0.0284. The molecule has 0 aliphatic carbocycles. The van der Waals surface area contributed by atoms with Crippen molar-refractivity contribution in [1.29, 1.82) is 0 Å². The van der Waals surface area contributed by atoms with Crippen molar-refractivity contribution in [3.63, 3.8) is 0 Å². The van der Waals surface area contributed by atoms with Crippen LogP contribution >= 0.6 is 11.6 Å². The van der Waals surface area contributed by atoms with E-state index in [0.29, 0.717) is 29.8 Å². The molecular formula is C28H35ClF2N4O3Si. The summed E-state index contributed by atoms with van der Waals surface area (Å²) in [6, 6.07) is 8.47. The lowest BCUT2D eigenvalue weighted by Crippen LogP contribution is -2.43. The van der Waals surface area contributed by atoms with Gasteiger partial charge in [0.25, 0.3) is 5.56 Å². The second-order valence-corrected chi connectivity index (χ2v) is 16.5. The van der Waals surface area contributed by atoms with Crippen LogP contribution in [-0.2, 0) is 9.16 Å². The Morgan fingerprint density at radius 1 is 1.26 bits per heavy atom. The summed E-state index contributed by atoms with van der Waals surface area (Å²) in [6.07, 6.45) is 2.58. The molecule has 11 heteroatoms. The molecule has 1 fully saturated rings. The number of rotatable bonds is 8. The van der Waals surface area contributed by atoms with Crippen molar-refractivity contribution in [2.24, 2.45) is 0 Å². The largest absolute Gasteiger partial charge is 0.414 e. The molecule has 0 bridgehead atoms. The van der Waals surface area contributed by atoms with Crippen LogP contribution in [0, 0.1) is 5.82 Å². The van der Waals surface area contributed by atoms with Crippen molar-refractivity contribution in [2.75, 3.05) is 25.1 Å². The fraction of sp³-hybridized carbons (Fsp3) is 0.464. The molecule has 1 aromatic carbocycles. The van der Waals surface area contributed by atoms with E-state index in [0.717, 1.165) is 0 Å².